The van der Waals surface area contributed by atoms with Gasteiger partial charge in [0.2, 0.25) is 5.91 Å². The molecule has 4 rings (SSSR count). The Balaban J connectivity index is 1.59. The number of rotatable bonds is 5. The van der Waals surface area contributed by atoms with Gasteiger partial charge in [0.15, 0.2) is 5.58 Å². The van der Waals surface area contributed by atoms with Gasteiger partial charge in [-0.1, -0.05) is 6.92 Å². The van der Waals surface area contributed by atoms with Crippen molar-refractivity contribution in [1.82, 2.24) is 19.1 Å². The molecule has 0 saturated carbocycles. The Morgan fingerprint density at radius 2 is 2.00 bits per heavy atom. The molecule has 1 saturated heterocycles. The molecule has 3 aromatic heterocycles. The molecule has 9 nitrogen and oxygen atoms in total. The van der Waals surface area contributed by atoms with E-state index in [1.54, 1.807) is 41.5 Å². The van der Waals surface area contributed by atoms with Gasteiger partial charge in [0.25, 0.3) is 5.56 Å². The highest BCUT2D eigenvalue weighted by atomic mass is 16.5. The molecule has 3 aromatic rings. The van der Waals surface area contributed by atoms with Gasteiger partial charge in [-0.3, -0.25) is 18.8 Å². The third kappa shape index (κ3) is 3.28. The van der Waals surface area contributed by atoms with Crippen LogP contribution in [0.4, 0.5) is 0 Å². The lowest BCUT2D eigenvalue weighted by molar-refractivity contribution is -0.151. The first-order chi connectivity index (χ1) is 14.5. The molecule has 1 fully saturated rings. The van der Waals surface area contributed by atoms with Crippen LogP contribution in [0, 0.1) is 5.92 Å². The van der Waals surface area contributed by atoms with Gasteiger partial charge in [0.1, 0.15) is 17.4 Å². The molecule has 1 amide bonds. The number of aromatic nitrogens is 3. The van der Waals surface area contributed by atoms with Crippen molar-refractivity contribution < 1.29 is 18.7 Å². The van der Waals surface area contributed by atoms with Crippen molar-refractivity contribution >= 4 is 28.5 Å². The highest BCUT2D eigenvalue weighted by molar-refractivity contribution is 5.83. The number of furan rings is 1. The van der Waals surface area contributed by atoms with Crippen molar-refractivity contribution in [2.75, 3.05) is 19.7 Å². The van der Waals surface area contributed by atoms with Crippen LogP contribution in [0.15, 0.2) is 27.6 Å². The lowest BCUT2D eigenvalue weighted by Crippen LogP contribution is -2.45. The van der Waals surface area contributed by atoms with E-state index in [1.807, 2.05) is 6.92 Å². The highest BCUT2D eigenvalue weighted by Gasteiger charge is 2.31. The van der Waals surface area contributed by atoms with Gasteiger partial charge >= 0.3 is 5.97 Å². The lowest BCUT2D eigenvalue weighted by atomic mass is 9.96. The molecular formula is C21H26N4O5. The van der Waals surface area contributed by atoms with E-state index in [4.69, 9.17) is 9.15 Å². The summed E-state index contributed by atoms with van der Waals surface area (Å²) in [6.07, 6.45) is 3.30. The van der Waals surface area contributed by atoms with Crippen LogP contribution >= 0.6 is 0 Å². The normalized spacial score (nSPS) is 16.3. The van der Waals surface area contributed by atoms with Gasteiger partial charge in [0.05, 0.1) is 24.3 Å². The second-order valence-electron chi connectivity index (χ2n) is 7.58. The number of ether oxygens (including phenoxy) is 1. The van der Waals surface area contributed by atoms with Crippen LogP contribution in [0.25, 0.3) is 16.6 Å². The zero-order valence-corrected chi connectivity index (χ0v) is 17.5. The second-order valence-corrected chi connectivity index (χ2v) is 7.58. The summed E-state index contributed by atoms with van der Waals surface area (Å²) in [5, 5.41) is 4.51. The summed E-state index contributed by atoms with van der Waals surface area (Å²) in [4.78, 5) is 39.8. The zero-order valence-electron chi connectivity index (χ0n) is 17.5. The molecule has 9 heteroatoms. The third-order valence-electron chi connectivity index (χ3n) is 5.80. The minimum absolute atomic E-state index is 0.173. The molecular weight excluding hydrogens is 388 g/mol. The molecule has 160 valence electrons. The number of piperidine rings is 1. The molecule has 1 atom stereocenters. The van der Waals surface area contributed by atoms with E-state index in [0.717, 1.165) is 5.52 Å². The Hall–Kier alpha value is -3.10. The van der Waals surface area contributed by atoms with Gasteiger partial charge in [0, 0.05) is 31.6 Å². The van der Waals surface area contributed by atoms with Crippen LogP contribution in [0.1, 0.15) is 45.5 Å². The van der Waals surface area contributed by atoms with E-state index in [-0.39, 0.29) is 23.4 Å². The maximum absolute atomic E-state index is 13.1. The van der Waals surface area contributed by atoms with Crippen LogP contribution in [-0.2, 0) is 20.7 Å². The molecule has 0 aromatic carbocycles. The number of likely N-dealkylation sites (tertiary alicyclic amines) is 1. The maximum atomic E-state index is 13.1. The molecule has 1 aliphatic rings. The summed E-state index contributed by atoms with van der Waals surface area (Å²) >= 11 is 0. The monoisotopic (exact) mass is 414 g/mol. The number of esters is 1. The fourth-order valence-corrected chi connectivity index (χ4v) is 4.15. The summed E-state index contributed by atoms with van der Waals surface area (Å²) in [5.41, 5.74) is 1.51. The Kier molecular flexibility index (Phi) is 5.36. The molecule has 0 N–H and O–H groups in total. The average molecular weight is 414 g/mol. The Labute approximate surface area is 173 Å². The Morgan fingerprint density at radius 3 is 2.67 bits per heavy atom. The first-order valence-corrected chi connectivity index (χ1v) is 10.4. The van der Waals surface area contributed by atoms with Gasteiger partial charge in [-0.15, -0.1) is 0 Å². The molecule has 1 aliphatic heterocycles. The number of nitrogens with zero attached hydrogens (tertiary/aromatic N) is 4. The quantitative estimate of drug-likeness (QED) is 0.594. The summed E-state index contributed by atoms with van der Waals surface area (Å²) in [6.45, 7) is 6.71. The molecule has 0 unspecified atom stereocenters. The molecule has 0 radical (unpaired) electrons. The third-order valence-corrected chi connectivity index (χ3v) is 5.80. The minimum atomic E-state index is -0.742. The van der Waals surface area contributed by atoms with Crippen LogP contribution in [0.2, 0.25) is 0 Å². The topological polar surface area (TPSA) is 99.1 Å². The van der Waals surface area contributed by atoms with Crippen LogP contribution < -0.4 is 5.56 Å². The first-order valence-electron chi connectivity index (χ1n) is 10.4. The van der Waals surface area contributed by atoms with Gasteiger partial charge < -0.3 is 14.1 Å². The lowest BCUT2D eigenvalue weighted by Gasteiger charge is -2.32. The highest BCUT2D eigenvalue weighted by Crippen LogP contribution is 2.23. The molecule has 0 spiro atoms. The van der Waals surface area contributed by atoms with E-state index in [1.165, 1.54) is 4.68 Å². The van der Waals surface area contributed by atoms with Gasteiger partial charge in [-0.2, -0.15) is 5.10 Å². The Bertz CT molecular complexity index is 1150. The number of hydrogen-bond acceptors (Lipinski definition) is 6. The summed E-state index contributed by atoms with van der Waals surface area (Å²) < 4.78 is 13.6. The first kappa shape index (κ1) is 20.2. The molecule has 30 heavy (non-hydrogen) atoms. The van der Waals surface area contributed by atoms with Crippen LogP contribution in [-0.4, -0.2) is 50.7 Å². The van der Waals surface area contributed by atoms with Crippen molar-refractivity contribution in [3.8, 4) is 0 Å². The van der Waals surface area contributed by atoms with Crippen molar-refractivity contribution in [3.63, 3.8) is 0 Å². The summed E-state index contributed by atoms with van der Waals surface area (Å²) in [6, 6.07) is 2.75. The zero-order chi connectivity index (χ0) is 21.4. The SMILES string of the molecule is CCOC(=O)C1CCN(C(=O)[C@H](C)n2nc(CC)n3c(cc4occc43)c2=O)CC1. The Morgan fingerprint density at radius 1 is 1.27 bits per heavy atom. The number of amides is 1. The van der Waals surface area contributed by atoms with Crippen molar-refractivity contribution in [3.05, 3.63) is 34.6 Å². The largest absolute Gasteiger partial charge is 0.466 e. The van der Waals surface area contributed by atoms with Crippen molar-refractivity contribution in [2.45, 2.75) is 46.1 Å². The fourth-order valence-electron chi connectivity index (χ4n) is 4.15. The number of aryl methyl sites for hydroxylation is 1. The van der Waals surface area contributed by atoms with Crippen LogP contribution in [0.5, 0.6) is 0 Å². The average Bonchev–Trinajstić information content (AvgIpc) is 3.35. The standard InChI is InChI=1S/C21H26N4O5/c1-4-18-22-25(20(27)16-12-17-15(24(16)18)8-11-30-17)13(3)19(26)23-9-6-14(7-10-23)21(28)29-5-2/h8,11-14H,4-7,9-10H2,1-3H3/t13-/m0/s1. The number of fused-ring (bicyclic) bond motifs is 3. The fraction of sp³-hybridized carbons (Fsp3) is 0.524. The summed E-state index contributed by atoms with van der Waals surface area (Å²) in [7, 11) is 0. The minimum Gasteiger partial charge on any atom is -0.466 e. The molecule has 0 bridgehead atoms. The predicted octanol–water partition coefficient (Wildman–Crippen LogP) is 2.17. The van der Waals surface area contributed by atoms with Crippen molar-refractivity contribution in [1.29, 1.82) is 0 Å². The number of carbonyl (C=O) groups is 2. The van der Waals surface area contributed by atoms with Crippen LogP contribution in [0.3, 0.4) is 0 Å². The maximum Gasteiger partial charge on any atom is 0.309 e. The van der Waals surface area contributed by atoms with E-state index in [0.29, 0.717) is 55.9 Å². The van der Waals surface area contributed by atoms with Crippen molar-refractivity contribution in [2.24, 2.45) is 5.92 Å². The smallest absolute Gasteiger partial charge is 0.309 e. The van der Waals surface area contributed by atoms with E-state index in [2.05, 4.69) is 5.10 Å². The number of hydrogen-bond donors (Lipinski definition) is 0. The van der Waals surface area contributed by atoms with E-state index < -0.39 is 6.04 Å². The molecule has 4 heterocycles. The van der Waals surface area contributed by atoms with E-state index >= 15 is 0 Å². The summed E-state index contributed by atoms with van der Waals surface area (Å²) in [5.74, 6) is 0.130. The van der Waals surface area contributed by atoms with Gasteiger partial charge in [-0.05, 0) is 26.7 Å². The number of carbonyl (C=O) groups excluding carboxylic acids is 2. The van der Waals surface area contributed by atoms with E-state index in [9.17, 15) is 14.4 Å². The second kappa shape index (κ2) is 7.97. The predicted molar refractivity (Wildman–Crippen MR) is 109 cm³/mol. The van der Waals surface area contributed by atoms with Gasteiger partial charge in [-0.25, -0.2) is 4.68 Å². The molecule has 0 aliphatic carbocycles.